The molecule has 0 aliphatic carbocycles. The summed E-state index contributed by atoms with van der Waals surface area (Å²) in [5.74, 6) is -1.05. The maximum Gasteiger partial charge on any atom is 0.334 e. The van der Waals surface area contributed by atoms with Gasteiger partial charge >= 0.3 is 12.0 Å². The molecule has 1 aliphatic heterocycles. The van der Waals surface area contributed by atoms with Crippen molar-refractivity contribution in [3.8, 4) is 0 Å². The van der Waals surface area contributed by atoms with Crippen LogP contribution >= 0.6 is 11.6 Å². The van der Waals surface area contributed by atoms with Gasteiger partial charge in [-0.2, -0.15) is 0 Å². The van der Waals surface area contributed by atoms with E-state index >= 15 is 0 Å². The number of aliphatic carboxylic acids is 1. The first-order valence-corrected chi connectivity index (χ1v) is 6.94. The number of urea groups is 1. The molecule has 1 fully saturated rings. The molecule has 0 aromatic heterocycles. The van der Waals surface area contributed by atoms with Gasteiger partial charge in [0.2, 0.25) is 0 Å². The Balaban J connectivity index is 1.99. The van der Waals surface area contributed by atoms with E-state index in [1.165, 1.54) is 9.80 Å². The van der Waals surface area contributed by atoms with E-state index in [9.17, 15) is 9.59 Å². The second-order valence-corrected chi connectivity index (χ2v) is 5.28. The van der Waals surface area contributed by atoms with E-state index in [4.69, 9.17) is 21.4 Å². The Labute approximate surface area is 127 Å². The molecule has 2 amide bonds. The third-order valence-corrected chi connectivity index (χ3v) is 3.67. The first kappa shape index (κ1) is 15.6. The summed E-state index contributed by atoms with van der Waals surface area (Å²) >= 11 is 6.07. The Hall–Kier alpha value is -1.79. The minimum atomic E-state index is -1.05. The van der Waals surface area contributed by atoms with Crippen molar-refractivity contribution in [2.45, 2.75) is 12.6 Å². The van der Waals surface area contributed by atoms with E-state index in [-0.39, 0.29) is 19.2 Å². The normalized spacial score (nSPS) is 18.4. The number of halogens is 1. The van der Waals surface area contributed by atoms with Crippen LogP contribution in [0.1, 0.15) is 5.56 Å². The number of nitrogens with zero attached hydrogens (tertiary/aromatic N) is 2. The molecule has 1 N–H and O–H groups in total. The number of benzene rings is 1. The average Bonchev–Trinajstić information content (AvgIpc) is 2.49. The fourth-order valence-corrected chi connectivity index (χ4v) is 2.36. The molecular formula is C14H17ClN2O4. The second-order valence-electron chi connectivity index (χ2n) is 4.87. The van der Waals surface area contributed by atoms with Gasteiger partial charge in [-0.05, 0) is 11.6 Å². The fraction of sp³-hybridized carbons (Fsp3) is 0.429. The SMILES string of the molecule is CN(Cc1ccccc1Cl)C(=O)N1CCOC(C(=O)O)C1. The highest BCUT2D eigenvalue weighted by atomic mass is 35.5. The van der Waals surface area contributed by atoms with Crippen LogP contribution in [-0.4, -0.2) is 59.8 Å². The summed E-state index contributed by atoms with van der Waals surface area (Å²) in [7, 11) is 1.66. The van der Waals surface area contributed by atoms with Crippen LogP contribution in [0.25, 0.3) is 0 Å². The number of amides is 2. The highest BCUT2D eigenvalue weighted by Crippen LogP contribution is 2.17. The number of hydrogen-bond donors (Lipinski definition) is 1. The zero-order chi connectivity index (χ0) is 15.4. The molecule has 1 aliphatic rings. The van der Waals surface area contributed by atoms with Gasteiger partial charge in [0.25, 0.3) is 0 Å². The number of carbonyl (C=O) groups excluding carboxylic acids is 1. The van der Waals surface area contributed by atoms with Crippen LogP contribution in [0.5, 0.6) is 0 Å². The Morgan fingerprint density at radius 2 is 2.19 bits per heavy atom. The van der Waals surface area contributed by atoms with Crippen LogP contribution in [0.2, 0.25) is 5.02 Å². The topological polar surface area (TPSA) is 70.1 Å². The number of carboxylic acids is 1. The van der Waals surface area contributed by atoms with Crippen LogP contribution < -0.4 is 0 Å². The third kappa shape index (κ3) is 3.86. The second kappa shape index (κ2) is 6.78. The maximum absolute atomic E-state index is 12.3. The highest BCUT2D eigenvalue weighted by Gasteiger charge is 2.30. The monoisotopic (exact) mass is 312 g/mol. The van der Waals surface area contributed by atoms with Gasteiger partial charge in [0.15, 0.2) is 6.10 Å². The molecule has 114 valence electrons. The van der Waals surface area contributed by atoms with Crippen molar-refractivity contribution in [2.75, 3.05) is 26.7 Å². The zero-order valence-corrected chi connectivity index (χ0v) is 12.4. The molecule has 6 nitrogen and oxygen atoms in total. The van der Waals surface area contributed by atoms with E-state index in [1.54, 1.807) is 13.1 Å². The lowest BCUT2D eigenvalue weighted by atomic mass is 10.2. The van der Waals surface area contributed by atoms with E-state index in [0.29, 0.717) is 18.1 Å². The lowest BCUT2D eigenvalue weighted by Gasteiger charge is -2.33. The zero-order valence-electron chi connectivity index (χ0n) is 11.7. The highest BCUT2D eigenvalue weighted by molar-refractivity contribution is 6.31. The molecule has 1 saturated heterocycles. The van der Waals surface area contributed by atoms with E-state index in [2.05, 4.69) is 0 Å². The maximum atomic E-state index is 12.3. The number of carbonyl (C=O) groups is 2. The van der Waals surface area contributed by atoms with Crippen molar-refractivity contribution in [1.29, 1.82) is 0 Å². The standard InChI is InChI=1S/C14H17ClN2O4/c1-16(8-10-4-2-3-5-11(10)15)14(20)17-6-7-21-12(9-17)13(18)19/h2-5,12H,6-9H2,1H3,(H,18,19). The molecule has 0 spiro atoms. The summed E-state index contributed by atoms with van der Waals surface area (Å²) in [6, 6.07) is 7.07. The van der Waals surface area contributed by atoms with Crippen LogP contribution in [-0.2, 0) is 16.1 Å². The molecule has 1 heterocycles. The lowest BCUT2D eigenvalue weighted by Crippen LogP contribution is -2.51. The average molecular weight is 313 g/mol. The summed E-state index contributed by atoms with van der Waals surface area (Å²) in [5.41, 5.74) is 0.845. The van der Waals surface area contributed by atoms with Crippen molar-refractivity contribution in [3.05, 3.63) is 34.9 Å². The van der Waals surface area contributed by atoms with E-state index in [1.807, 2.05) is 18.2 Å². The molecular weight excluding hydrogens is 296 g/mol. The molecule has 0 bridgehead atoms. The minimum Gasteiger partial charge on any atom is -0.479 e. The Kier molecular flexibility index (Phi) is 5.03. The largest absolute Gasteiger partial charge is 0.479 e. The first-order chi connectivity index (χ1) is 9.99. The lowest BCUT2D eigenvalue weighted by molar-refractivity contribution is -0.154. The molecule has 7 heteroatoms. The van der Waals surface area contributed by atoms with Crippen molar-refractivity contribution < 1.29 is 19.4 Å². The van der Waals surface area contributed by atoms with Crippen LogP contribution in [0, 0.1) is 0 Å². The van der Waals surface area contributed by atoms with Gasteiger partial charge in [0, 0.05) is 25.2 Å². The van der Waals surface area contributed by atoms with Crippen molar-refractivity contribution >= 4 is 23.6 Å². The molecule has 1 aromatic carbocycles. The summed E-state index contributed by atoms with van der Waals surface area (Å²) in [6.45, 7) is 1.03. The number of morpholine rings is 1. The fourth-order valence-electron chi connectivity index (χ4n) is 2.16. The first-order valence-electron chi connectivity index (χ1n) is 6.57. The van der Waals surface area contributed by atoms with Gasteiger partial charge in [-0.15, -0.1) is 0 Å². The van der Waals surface area contributed by atoms with Gasteiger partial charge in [0.05, 0.1) is 13.2 Å². The number of ether oxygens (including phenoxy) is 1. The molecule has 1 atom stereocenters. The molecule has 1 unspecified atom stereocenters. The number of hydrogen-bond acceptors (Lipinski definition) is 3. The smallest absolute Gasteiger partial charge is 0.334 e. The van der Waals surface area contributed by atoms with Gasteiger partial charge < -0.3 is 19.6 Å². The number of rotatable bonds is 3. The third-order valence-electron chi connectivity index (χ3n) is 3.30. The molecule has 0 saturated carbocycles. The van der Waals surface area contributed by atoms with Crippen molar-refractivity contribution in [2.24, 2.45) is 0 Å². The van der Waals surface area contributed by atoms with Crippen LogP contribution in [0.3, 0.4) is 0 Å². The molecule has 0 radical (unpaired) electrons. The van der Waals surface area contributed by atoms with Gasteiger partial charge in [-0.25, -0.2) is 9.59 Å². The summed E-state index contributed by atoms with van der Waals surface area (Å²) in [4.78, 5) is 26.3. The minimum absolute atomic E-state index is 0.0566. The summed E-state index contributed by atoms with van der Waals surface area (Å²) in [6.07, 6.45) is -0.962. The Bertz CT molecular complexity index is 537. The van der Waals surface area contributed by atoms with Crippen molar-refractivity contribution in [1.82, 2.24) is 9.80 Å². The van der Waals surface area contributed by atoms with Gasteiger partial charge in [-0.3, -0.25) is 0 Å². The predicted molar refractivity (Wildman–Crippen MR) is 77.3 cm³/mol. The van der Waals surface area contributed by atoms with Crippen LogP contribution in [0.15, 0.2) is 24.3 Å². The Morgan fingerprint density at radius 3 is 2.86 bits per heavy atom. The van der Waals surface area contributed by atoms with E-state index < -0.39 is 12.1 Å². The van der Waals surface area contributed by atoms with Crippen molar-refractivity contribution in [3.63, 3.8) is 0 Å². The molecule has 1 aromatic rings. The van der Waals surface area contributed by atoms with E-state index in [0.717, 1.165) is 5.56 Å². The summed E-state index contributed by atoms with van der Waals surface area (Å²) in [5, 5.41) is 9.55. The van der Waals surface area contributed by atoms with Gasteiger partial charge in [-0.1, -0.05) is 29.8 Å². The van der Waals surface area contributed by atoms with Gasteiger partial charge in [0.1, 0.15) is 0 Å². The number of carboxylic acid groups (broad SMARTS) is 1. The molecule has 2 rings (SSSR count). The Morgan fingerprint density at radius 1 is 1.48 bits per heavy atom. The summed E-state index contributed by atoms with van der Waals surface area (Å²) < 4.78 is 5.10. The quantitative estimate of drug-likeness (QED) is 0.922. The predicted octanol–water partition coefficient (Wildman–Crippen LogP) is 1.68. The molecule has 21 heavy (non-hydrogen) atoms. The van der Waals surface area contributed by atoms with Crippen LogP contribution in [0.4, 0.5) is 4.79 Å².